The smallest absolute Gasteiger partial charge is 0.256 e. The maximum absolute atomic E-state index is 12.7. The fraction of sp³-hybridized carbons (Fsp3) is 0.296. The molecule has 1 aliphatic carbocycles. The topological polar surface area (TPSA) is 115 Å². The number of benzene rings is 1. The van der Waals surface area contributed by atoms with E-state index in [9.17, 15) is 4.79 Å². The van der Waals surface area contributed by atoms with Crippen molar-refractivity contribution >= 4 is 40.2 Å². The zero-order valence-electron chi connectivity index (χ0n) is 20.4. The Kier molecular flexibility index (Phi) is 6.00. The van der Waals surface area contributed by atoms with Crippen LogP contribution in [0.5, 0.6) is 0 Å². The van der Waals surface area contributed by atoms with Gasteiger partial charge in [0.25, 0.3) is 5.91 Å². The van der Waals surface area contributed by atoms with Crippen LogP contribution in [-0.4, -0.2) is 48.6 Å². The third kappa shape index (κ3) is 4.40. The van der Waals surface area contributed by atoms with Gasteiger partial charge in [0.1, 0.15) is 23.7 Å². The molecule has 1 aromatic carbocycles. The number of allylic oxidation sites excluding steroid dienone is 1. The van der Waals surface area contributed by atoms with E-state index in [2.05, 4.69) is 44.4 Å². The molecule has 0 radical (unpaired) electrons. The molecule has 4 heterocycles. The largest absolute Gasteiger partial charge is 0.383 e. The molecule has 2 unspecified atom stereocenters. The Labute approximate surface area is 219 Å². The Morgan fingerprint density at radius 1 is 1.08 bits per heavy atom. The molecule has 2 atom stereocenters. The third-order valence-corrected chi connectivity index (χ3v) is 7.59. The van der Waals surface area contributed by atoms with E-state index in [-0.39, 0.29) is 11.9 Å². The molecule has 1 amide bonds. The first-order valence-corrected chi connectivity index (χ1v) is 12.8. The van der Waals surface area contributed by atoms with Crippen LogP contribution in [0, 0.1) is 11.8 Å². The summed E-state index contributed by atoms with van der Waals surface area (Å²) in [5.74, 6) is 1.87. The van der Waals surface area contributed by atoms with Gasteiger partial charge in [-0.15, -0.1) is 0 Å². The first-order valence-electron chi connectivity index (χ1n) is 12.4. The van der Waals surface area contributed by atoms with Crippen LogP contribution in [0.4, 0.5) is 11.6 Å². The van der Waals surface area contributed by atoms with E-state index in [0.717, 1.165) is 48.2 Å². The number of hydrogen-bond donors (Lipinski definition) is 2. The first kappa shape index (κ1) is 23.4. The second kappa shape index (κ2) is 9.48. The minimum absolute atomic E-state index is 0.260. The SMILES string of the molecule is CC=CN1CC2CC(n3nc(-c4ccc(C(=O)Nc5ccc(Cl)cn5)cc4)c4c(N)ncnc43)CC2C1. The van der Waals surface area contributed by atoms with E-state index in [1.807, 2.05) is 16.8 Å². The number of nitrogens with zero attached hydrogens (tertiary/aromatic N) is 6. The monoisotopic (exact) mass is 514 g/mol. The minimum atomic E-state index is -0.260. The summed E-state index contributed by atoms with van der Waals surface area (Å²) in [5, 5.41) is 9.05. The highest BCUT2D eigenvalue weighted by Gasteiger charge is 2.41. The fourth-order valence-corrected chi connectivity index (χ4v) is 5.82. The lowest BCUT2D eigenvalue weighted by Gasteiger charge is -2.17. The molecule has 9 nitrogen and oxygen atoms in total. The van der Waals surface area contributed by atoms with Crippen molar-refractivity contribution in [1.29, 1.82) is 0 Å². The summed E-state index contributed by atoms with van der Waals surface area (Å²) in [5.41, 5.74) is 9.17. The molecule has 1 saturated carbocycles. The van der Waals surface area contributed by atoms with Crippen molar-refractivity contribution in [3.63, 3.8) is 0 Å². The average molecular weight is 515 g/mol. The Hall–Kier alpha value is -3.98. The third-order valence-electron chi connectivity index (χ3n) is 7.37. The van der Waals surface area contributed by atoms with Crippen LogP contribution >= 0.6 is 11.6 Å². The number of halogens is 1. The molecule has 4 aromatic rings. The van der Waals surface area contributed by atoms with Crippen molar-refractivity contribution in [1.82, 2.24) is 29.6 Å². The summed E-state index contributed by atoms with van der Waals surface area (Å²) in [6, 6.07) is 10.9. The minimum Gasteiger partial charge on any atom is -0.383 e. The molecular weight excluding hydrogens is 488 g/mol. The van der Waals surface area contributed by atoms with Gasteiger partial charge in [0.2, 0.25) is 0 Å². The number of nitrogens with two attached hydrogens (primary N) is 1. The van der Waals surface area contributed by atoms with E-state index in [0.29, 0.717) is 34.1 Å². The van der Waals surface area contributed by atoms with E-state index in [1.165, 1.54) is 12.5 Å². The van der Waals surface area contributed by atoms with Gasteiger partial charge >= 0.3 is 0 Å². The number of nitrogens with one attached hydrogen (secondary N) is 1. The number of carbonyl (C=O) groups excluding carboxylic acids is 1. The molecule has 0 spiro atoms. The zero-order chi connectivity index (χ0) is 25.5. The zero-order valence-corrected chi connectivity index (χ0v) is 21.1. The number of hydrogen-bond acceptors (Lipinski definition) is 7. The van der Waals surface area contributed by atoms with Crippen LogP contribution in [0.25, 0.3) is 22.3 Å². The van der Waals surface area contributed by atoms with Gasteiger partial charge in [0.15, 0.2) is 5.65 Å². The number of pyridine rings is 1. The van der Waals surface area contributed by atoms with Gasteiger partial charge in [-0.1, -0.05) is 29.8 Å². The molecule has 3 aromatic heterocycles. The predicted molar refractivity (Wildman–Crippen MR) is 144 cm³/mol. The molecule has 1 aliphatic heterocycles. The van der Waals surface area contributed by atoms with Crippen LogP contribution in [0.1, 0.15) is 36.2 Å². The Morgan fingerprint density at radius 2 is 1.84 bits per heavy atom. The Bertz CT molecular complexity index is 1470. The molecule has 10 heteroatoms. The highest BCUT2D eigenvalue weighted by atomic mass is 35.5. The van der Waals surface area contributed by atoms with Crippen LogP contribution in [-0.2, 0) is 0 Å². The summed E-state index contributed by atoms with van der Waals surface area (Å²) >= 11 is 5.87. The van der Waals surface area contributed by atoms with Crippen molar-refractivity contribution in [2.24, 2.45) is 11.8 Å². The predicted octanol–water partition coefficient (Wildman–Crippen LogP) is 4.79. The highest BCUT2D eigenvalue weighted by molar-refractivity contribution is 6.30. The van der Waals surface area contributed by atoms with E-state index >= 15 is 0 Å². The lowest BCUT2D eigenvalue weighted by molar-refractivity contribution is 0.102. The van der Waals surface area contributed by atoms with E-state index in [1.54, 1.807) is 24.3 Å². The van der Waals surface area contributed by atoms with Gasteiger partial charge in [-0.25, -0.2) is 19.6 Å². The quantitative estimate of drug-likeness (QED) is 0.393. The van der Waals surface area contributed by atoms with Crippen molar-refractivity contribution in [3.05, 3.63) is 71.8 Å². The van der Waals surface area contributed by atoms with Crippen molar-refractivity contribution in [3.8, 4) is 11.3 Å². The van der Waals surface area contributed by atoms with Crippen LogP contribution in [0.15, 0.2) is 61.2 Å². The number of fused-ring (bicyclic) bond motifs is 2. The lowest BCUT2D eigenvalue weighted by atomic mass is 10.0. The number of amides is 1. The van der Waals surface area contributed by atoms with Gasteiger partial charge in [0, 0.05) is 30.4 Å². The molecule has 37 heavy (non-hydrogen) atoms. The average Bonchev–Trinajstić information content (AvgIpc) is 3.58. The van der Waals surface area contributed by atoms with Crippen molar-refractivity contribution in [2.75, 3.05) is 24.1 Å². The summed E-state index contributed by atoms with van der Waals surface area (Å²) in [4.78, 5) is 28.0. The molecule has 0 bridgehead atoms. The number of nitrogen functional groups attached to an aromatic ring is 1. The molecule has 2 fully saturated rings. The normalized spacial score (nSPS) is 21.1. The van der Waals surface area contributed by atoms with E-state index in [4.69, 9.17) is 22.4 Å². The number of likely N-dealkylation sites (tertiary alicyclic amines) is 1. The molecular formula is C27H27ClN8O. The van der Waals surface area contributed by atoms with E-state index < -0.39 is 0 Å². The number of rotatable bonds is 5. The molecule has 1 saturated heterocycles. The summed E-state index contributed by atoms with van der Waals surface area (Å²) < 4.78 is 2.05. The maximum atomic E-state index is 12.7. The van der Waals surface area contributed by atoms with Crippen LogP contribution in [0.2, 0.25) is 5.02 Å². The van der Waals surface area contributed by atoms with Crippen molar-refractivity contribution < 1.29 is 4.79 Å². The molecule has 2 aliphatic rings. The maximum Gasteiger partial charge on any atom is 0.256 e. The summed E-state index contributed by atoms with van der Waals surface area (Å²) in [6.07, 6.45) is 9.42. The number of aromatic nitrogens is 5. The number of carbonyl (C=O) groups is 1. The molecule has 6 rings (SSSR count). The molecule has 188 valence electrons. The summed E-state index contributed by atoms with van der Waals surface area (Å²) in [7, 11) is 0. The van der Waals surface area contributed by atoms with Gasteiger partial charge in [-0.2, -0.15) is 5.10 Å². The highest BCUT2D eigenvalue weighted by Crippen LogP contribution is 2.45. The first-order chi connectivity index (χ1) is 18.0. The second-order valence-electron chi connectivity index (χ2n) is 9.73. The Balaban J connectivity index is 1.27. The second-order valence-corrected chi connectivity index (χ2v) is 10.2. The van der Waals surface area contributed by atoms with Crippen molar-refractivity contribution in [2.45, 2.75) is 25.8 Å². The number of anilines is 2. The fourth-order valence-electron chi connectivity index (χ4n) is 5.71. The summed E-state index contributed by atoms with van der Waals surface area (Å²) in [6.45, 7) is 4.24. The van der Waals surface area contributed by atoms with Crippen LogP contribution in [0.3, 0.4) is 0 Å². The standard InChI is InChI=1S/C27H27ClN8O/c1-2-9-35-13-18-10-21(11-19(18)14-35)36-26-23(25(29)31-15-32-26)24(34-36)16-3-5-17(6-4-16)27(37)33-22-8-7-20(28)12-30-22/h2-9,12,15,18-19,21H,10-11,13-14H2,1H3,(H2,29,31,32)(H,30,33,37). The van der Waals surface area contributed by atoms with Gasteiger partial charge in [-0.3, -0.25) is 4.79 Å². The van der Waals surface area contributed by atoms with Gasteiger partial charge in [-0.05, 0) is 62.1 Å². The Morgan fingerprint density at radius 3 is 2.51 bits per heavy atom. The van der Waals surface area contributed by atoms with Gasteiger partial charge in [0.05, 0.1) is 16.5 Å². The van der Waals surface area contributed by atoms with Gasteiger partial charge < -0.3 is 16.0 Å². The van der Waals surface area contributed by atoms with Crippen LogP contribution < -0.4 is 11.1 Å². The molecule has 3 N–H and O–H groups in total. The lowest BCUT2D eigenvalue weighted by Crippen LogP contribution is -2.17.